The lowest BCUT2D eigenvalue weighted by atomic mass is 10.1. The fraction of sp³-hybridized carbons (Fsp3) is 0.375. The third-order valence-electron chi connectivity index (χ3n) is 2.51. The number of benzene rings is 1. The second-order valence-electron chi connectivity index (χ2n) is 3.96. The molecule has 0 unspecified atom stereocenters. The number of ether oxygens (including phenoxy) is 3. The highest BCUT2D eigenvalue weighted by Crippen LogP contribution is 2.27. The van der Waals surface area contributed by atoms with Crippen molar-refractivity contribution < 1.29 is 19.0 Å². The highest BCUT2D eigenvalue weighted by Gasteiger charge is 2.12. The van der Waals surface area contributed by atoms with Crippen LogP contribution in [0.2, 0.25) is 0 Å². The lowest BCUT2D eigenvalue weighted by Gasteiger charge is -2.10. The van der Waals surface area contributed by atoms with Crippen LogP contribution in [0, 0.1) is 11.3 Å². The van der Waals surface area contributed by atoms with Crippen LogP contribution in [0.4, 0.5) is 0 Å². The molecule has 5 nitrogen and oxygen atoms in total. The Balaban J connectivity index is 3.20. The topological polar surface area (TPSA) is 68.6 Å². The summed E-state index contributed by atoms with van der Waals surface area (Å²) in [5, 5.41) is 9.09. The third kappa shape index (κ3) is 4.84. The normalized spacial score (nSPS) is 10.7. The van der Waals surface area contributed by atoms with Crippen LogP contribution in [-0.4, -0.2) is 25.8 Å². The quantitative estimate of drug-likeness (QED) is 0.438. The number of rotatable bonds is 7. The molecule has 0 saturated heterocycles. The van der Waals surface area contributed by atoms with Crippen molar-refractivity contribution in [3.05, 3.63) is 29.3 Å². The number of nitrogens with zero attached hydrogens (tertiary/aromatic N) is 1. The first kappa shape index (κ1) is 16.6. The molecule has 0 N–H and O–H groups in total. The molecule has 0 amide bonds. The van der Waals surface area contributed by atoms with E-state index in [1.807, 2.05) is 19.9 Å². The van der Waals surface area contributed by atoms with Crippen molar-refractivity contribution in [3.8, 4) is 17.6 Å². The molecule has 0 aliphatic rings. The summed E-state index contributed by atoms with van der Waals surface area (Å²) in [5.41, 5.74) is 0.527. The molecule has 0 radical (unpaired) electrons. The van der Waals surface area contributed by atoms with Gasteiger partial charge in [0, 0.05) is 5.56 Å². The molecule has 0 fully saturated rings. The molecule has 1 aromatic rings. The third-order valence-corrected chi connectivity index (χ3v) is 2.51. The van der Waals surface area contributed by atoms with E-state index in [9.17, 15) is 4.79 Å². The fourth-order valence-corrected chi connectivity index (χ4v) is 1.68. The van der Waals surface area contributed by atoms with Crippen molar-refractivity contribution in [3.63, 3.8) is 0 Å². The van der Waals surface area contributed by atoms with Crippen LogP contribution in [0.1, 0.15) is 26.3 Å². The van der Waals surface area contributed by atoms with Gasteiger partial charge in [-0.05, 0) is 45.0 Å². The number of carbonyl (C=O) groups excluding carboxylic acids is 1. The van der Waals surface area contributed by atoms with E-state index in [1.54, 1.807) is 25.1 Å². The maximum absolute atomic E-state index is 11.7. The maximum Gasteiger partial charge on any atom is 0.348 e. The Morgan fingerprint density at radius 1 is 1.19 bits per heavy atom. The molecule has 0 aliphatic heterocycles. The molecular formula is C16H19NO4. The van der Waals surface area contributed by atoms with E-state index < -0.39 is 5.97 Å². The Morgan fingerprint density at radius 3 is 2.48 bits per heavy atom. The maximum atomic E-state index is 11.7. The molecule has 0 bridgehead atoms. The van der Waals surface area contributed by atoms with Gasteiger partial charge in [0.15, 0.2) is 0 Å². The minimum absolute atomic E-state index is 0.0774. The van der Waals surface area contributed by atoms with E-state index >= 15 is 0 Å². The van der Waals surface area contributed by atoms with Crippen molar-refractivity contribution in [1.29, 1.82) is 5.26 Å². The summed E-state index contributed by atoms with van der Waals surface area (Å²) in [7, 11) is 0. The van der Waals surface area contributed by atoms with Gasteiger partial charge in [-0.2, -0.15) is 5.26 Å². The van der Waals surface area contributed by atoms with Gasteiger partial charge < -0.3 is 14.2 Å². The number of carbonyl (C=O) groups is 1. The number of hydrogen-bond acceptors (Lipinski definition) is 5. The monoisotopic (exact) mass is 289 g/mol. The first-order chi connectivity index (χ1) is 10.2. The van der Waals surface area contributed by atoms with Gasteiger partial charge in [0.05, 0.1) is 19.8 Å². The fourth-order valence-electron chi connectivity index (χ4n) is 1.68. The van der Waals surface area contributed by atoms with E-state index in [0.29, 0.717) is 30.3 Å². The second kappa shape index (κ2) is 8.64. The highest BCUT2D eigenvalue weighted by atomic mass is 16.5. The minimum atomic E-state index is -0.649. The van der Waals surface area contributed by atoms with Crippen molar-refractivity contribution in [2.24, 2.45) is 0 Å². The lowest BCUT2D eigenvalue weighted by Crippen LogP contribution is -2.06. The summed E-state index contributed by atoms with van der Waals surface area (Å²) in [6.45, 7) is 6.66. The molecule has 0 spiro atoms. The van der Waals surface area contributed by atoms with E-state index in [2.05, 4.69) is 0 Å². The van der Waals surface area contributed by atoms with Gasteiger partial charge in [0.2, 0.25) is 0 Å². The summed E-state index contributed by atoms with van der Waals surface area (Å²) in [6.07, 6.45) is 1.45. The van der Waals surface area contributed by atoms with E-state index in [1.165, 1.54) is 6.08 Å². The molecule has 0 saturated carbocycles. The standard InChI is InChI=1S/C16H19NO4/c1-4-19-14-7-8-15(20-5-2)12(10-14)9-13(11-17)16(18)21-6-3/h7-10H,4-6H2,1-3H3/b13-9+. The van der Waals surface area contributed by atoms with Gasteiger partial charge >= 0.3 is 5.97 Å². The van der Waals surface area contributed by atoms with Crippen molar-refractivity contribution in [2.75, 3.05) is 19.8 Å². The van der Waals surface area contributed by atoms with Gasteiger partial charge in [0.25, 0.3) is 0 Å². The predicted molar refractivity (Wildman–Crippen MR) is 79.0 cm³/mol. The Bertz CT molecular complexity index is 558. The predicted octanol–water partition coefficient (Wildman–Crippen LogP) is 2.95. The van der Waals surface area contributed by atoms with Crippen LogP contribution in [0.3, 0.4) is 0 Å². The molecule has 112 valence electrons. The molecule has 0 atom stereocenters. The summed E-state index contributed by atoms with van der Waals surface area (Å²) in [5.74, 6) is 0.579. The summed E-state index contributed by atoms with van der Waals surface area (Å²) < 4.78 is 15.8. The molecule has 5 heteroatoms. The van der Waals surface area contributed by atoms with Crippen molar-refractivity contribution in [2.45, 2.75) is 20.8 Å². The van der Waals surface area contributed by atoms with Gasteiger partial charge in [-0.15, -0.1) is 0 Å². The average molecular weight is 289 g/mol. The van der Waals surface area contributed by atoms with Gasteiger partial charge in [-0.25, -0.2) is 4.79 Å². The summed E-state index contributed by atoms with van der Waals surface area (Å²) in [6, 6.07) is 7.10. The molecular weight excluding hydrogens is 270 g/mol. The van der Waals surface area contributed by atoms with Crippen molar-refractivity contribution >= 4 is 12.0 Å². The van der Waals surface area contributed by atoms with Crippen LogP contribution in [0.5, 0.6) is 11.5 Å². The Kier molecular flexibility index (Phi) is 6.82. The average Bonchev–Trinajstić information content (AvgIpc) is 2.47. The summed E-state index contributed by atoms with van der Waals surface area (Å²) >= 11 is 0. The Morgan fingerprint density at radius 2 is 1.90 bits per heavy atom. The Labute approximate surface area is 124 Å². The van der Waals surface area contributed by atoms with E-state index in [-0.39, 0.29) is 12.2 Å². The van der Waals surface area contributed by atoms with Crippen molar-refractivity contribution in [1.82, 2.24) is 0 Å². The first-order valence-corrected chi connectivity index (χ1v) is 6.84. The second-order valence-corrected chi connectivity index (χ2v) is 3.96. The molecule has 21 heavy (non-hydrogen) atoms. The zero-order valence-corrected chi connectivity index (χ0v) is 12.5. The molecule has 0 aromatic heterocycles. The number of nitriles is 1. The van der Waals surface area contributed by atoms with Crippen LogP contribution in [0.25, 0.3) is 6.08 Å². The van der Waals surface area contributed by atoms with Crippen LogP contribution >= 0.6 is 0 Å². The van der Waals surface area contributed by atoms with Crippen LogP contribution < -0.4 is 9.47 Å². The van der Waals surface area contributed by atoms with Gasteiger partial charge in [-0.1, -0.05) is 0 Å². The number of esters is 1. The molecule has 1 rings (SSSR count). The first-order valence-electron chi connectivity index (χ1n) is 6.84. The Hall–Kier alpha value is -2.48. The summed E-state index contributed by atoms with van der Waals surface area (Å²) in [4.78, 5) is 11.7. The smallest absolute Gasteiger partial charge is 0.348 e. The largest absolute Gasteiger partial charge is 0.494 e. The minimum Gasteiger partial charge on any atom is -0.494 e. The van der Waals surface area contributed by atoms with E-state index in [0.717, 1.165) is 0 Å². The van der Waals surface area contributed by atoms with Crippen LogP contribution in [0.15, 0.2) is 23.8 Å². The highest BCUT2D eigenvalue weighted by molar-refractivity contribution is 5.98. The molecule has 0 heterocycles. The molecule has 1 aromatic carbocycles. The van der Waals surface area contributed by atoms with Crippen LogP contribution in [-0.2, 0) is 9.53 Å². The van der Waals surface area contributed by atoms with Gasteiger partial charge in [-0.3, -0.25) is 0 Å². The zero-order valence-electron chi connectivity index (χ0n) is 12.5. The zero-order chi connectivity index (χ0) is 15.7. The van der Waals surface area contributed by atoms with E-state index in [4.69, 9.17) is 19.5 Å². The SMILES string of the molecule is CCOC(=O)/C(C#N)=C/c1cc(OCC)ccc1OCC. The van der Waals surface area contributed by atoms with Gasteiger partial charge in [0.1, 0.15) is 23.1 Å². The lowest BCUT2D eigenvalue weighted by molar-refractivity contribution is -0.137. The molecule has 0 aliphatic carbocycles. The number of hydrogen-bond donors (Lipinski definition) is 0.